The fourth-order valence-electron chi connectivity index (χ4n) is 3.85. The lowest BCUT2D eigenvalue weighted by Crippen LogP contribution is -2.57. The first-order valence-corrected chi connectivity index (χ1v) is 10.2. The average molecular weight is 381 g/mol. The van der Waals surface area contributed by atoms with Gasteiger partial charge in [-0.3, -0.25) is 9.59 Å². The van der Waals surface area contributed by atoms with Crippen molar-refractivity contribution in [2.75, 3.05) is 26.3 Å². The van der Waals surface area contributed by atoms with Gasteiger partial charge in [0.15, 0.2) is 0 Å². The number of rotatable bonds is 6. The fourth-order valence-corrected chi connectivity index (χ4v) is 4.63. The third-order valence-corrected chi connectivity index (χ3v) is 6.17. The SMILES string of the molecule is Cc1csc(CCNC(=O)[C@H]2CC[C@H]3OCCN(C(=O)CCO)[C@@H]3C2)n1. The van der Waals surface area contributed by atoms with Gasteiger partial charge in [0, 0.05) is 42.9 Å². The summed E-state index contributed by atoms with van der Waals surface area (Å²) in [7, 11) is 0. The molecule has 8 heteroatoms. The third kappa shape index (κ3) is 4.61. The molecule has 1 saturated heterocycles. The number of aliphatic hydroxyl groups excluding tert-OH is 1. The quantitative estimate of drug-likeness (QED) is 0.764. The number of nitrogens with zero attached hydrogens (tertiary/aromatic N) is 2. The van der Waals surface area contributed by atoms with Crippen molar-refractivity contribution in [3.05, 3.63) is 16.1 Å². The molecule has 0 radical (unpaired) electrons. The number of aryl methyl sites for hydroxylation is 1. The minimum absolute atomic E-state index is 0.00809. The molecule has 0 unspecified atom stereocenters. The number of amides is 2. The molecule has 1 aromatic rings. The van der Waals surface area contributed by atoms with E-state index in [-0.39, 0.29) is 42.9 Å². The standard InChI is InChI=1S/C18H27N3O4S/c1-12-11-26-16(20-12)4-6-19-18(24)13-2-3-15-14(10-13)21(7-9-25-15)17(23)5-8-22/h11,13-15,22H,2-10H2,1H3,(H,19,24)/t13-,14+,15+/m0/s1. The molecule has 0 spiro atoms. The smallest absolute Gasteiger partial charge is 0.225 e. The van der Waals surface area contributed by atoms with Gasteiger partial charge >= 0.3 is 0 Å². The highest BCUT2D eigenvalue weighted by molar-refractivity contribution is 7.09. The van der Waals surface area contributed by atoms with Crippen molar-refractivity contribution in [2.24, 2.45) is 5.92 Å². The summed E-state index contributed by atoms with van der Waals surface area (Å²) < 4.78 is 5.81. The summed E-state index contributed by atoms with van der Waals surface area (Å²) in [4.78, 5) is 31.0. The molecule has 144 valence electrons. The van der Waals surface area contributed by atoms with Crippen LogP contribution in [0.5, 0.6) is 0 Å². The van der Waals surface area contributed by atoms with Crippen LogP contribution >= 0.6 is 11.3 Å². The molecule has 7 nitrogen and oxygen atoms in total. The van der Waals surface area contributed by atoms with Crippen LogP contribution in [0.2, 0.25) is 0 Å². The van der Waals surface area contributed by atoms with Crippen LogP contribution in [0, 0.1) is 12.8 Å². The summed E-state index contributed by atoms with van der Waals surface area (Å²) in [5, 5.41) is 15.1. The van der Waals surface area contributed by atoms with Crippen molar-refractivity contribution in [2.45, 2.75) is 51.2 Å². The van der Waals surface area contributed by atoms with Gasteiger partial charge in [-0.05, 0) is 26.2 Å². The summed E-state index contributed by atoms with van der Waals surface area (Å²) in [6.45, 7) is 3.47. The maximum Gasteiger partial charge on any atom is 0.225 e. The Morgan fingerprint density at radius 2 is 2.31 bits per heavy atom. The Hall–Kier alpha value is -1.51. The Labute approximate surface area is 157 Å². The van der Waals surface area contributed by atoms with Crippen molar-refractivity contribution in [3.63, 3.8) is 0 Å². The van der Waals surface area contributed by atoms with Gasteiger partial charge in [0.2, 0.25) is 11.8 Å². The van der Waals surface area contributed by atoms with Crippen LogP contribution < -0.4 is 5.32 Å². The topological polar surface area (TPSA) is 91.8 Å². The first-order valence-electron chi connectivity index (χ1n) is 9.29. The van der Waals surface area contributed by atoms with E-state index >= 15 is 0 Å². The first-order chi connectivity index (χ1) is 12.6. The van der Waals surface area contributed by atoms with E-state index in [0.29, 0.717) is 26.1 Å². The van der Waals surface area contributed by atoms with Gasteiger partial charge in [-0.15, -0.1) is 11.3 Å². The first kappa shape index (κ1) is 19.3. The van der Waals surface area contributed by atoms with Gasteiger partial charge < -0.3 is 20.1 Å². The van der Waals surface area contributed by atoms with Gasteiger partial charge in [0.1, 0.15) is 0 Å². The van der Waals surface area contributed by atoms with Crippen LogP contribution in [0.3, 0.4) is 0 Å². The molecule has 1 aromatic heterocycles. The Morgan fingerprint density at radius 1 is 1.46 bits per heavy atom. The van der Waals surface area contributed by atoms with Crippen LogP contribution in [0.15, 0.2) is 5.38 Å². The number of nitrogens with one attached hydrogen (secondary N) is 1. The molecule has 0 aromatic carbocycles. The van der Waals surface area contributed by atoms with E-state index in [1.165, 1.54) is 0 Å². The summed E-state index contributed by atoms with van der Waals surface area (Å²) in [6, 6.07) is -0.0612. The maximum absolute atomic E-state index is 12.6. The van der Waals surface area contributed by atoms with Gasteiger partial charge in [0.05, 0.1) is 30.4 Å². The fraction of sp³-hybridized carbons (Fsp3) is 0.722. The van der Waals surface area contributed by atoms with E-state index < -0.39 is 0 Å². The van der Waals surface area contributed by atoms with E-state index in [0.717, 1.165) is 30.0 Å². The minimum atomic E-state index is -0.145. The molecule has 2 fully saturated rings. The molecule has 2 amide bonds. The van der Waals surface area contributed by atoms with Crippen molar-refractivity contribution in [3.8, 4) is 0 Å². The number of fused-ring (bicyclic) bond motifs is 1. The van der Waals surface area contributed by atoms with E-state index in [2.05, 4.69) is 10.3 Å². The lowest BCUT2D eigenvalue weighted by Gasteiger charge is -2.45. The average Bonchev–Trinajstić information content (AvgIpc) is 3.06. The van der Waals surface area contributed by atoms with E-state index in [4.69, 9.17) is 9.84 Å². The van der Waals surface area contributed by atoms with Gasteiger partial charge in [0.25, 0.3) is 0 Å². The van der Waals surface area contributed by atoms with E-state index in [1.54, 1.807) is 11.3 Å². The highest BCUT2D eigenvalue weighted by atomic mass is 32.1. The summed E-state index contributed by atoms with van der Waals surface area (Å²) >= 11 is 1.62. The zero-order valence-corrected chi connectivity index (χ0v) is 16.0. The summed E-state index contributed by atoms with van der Waals surface area (Å²) in [6.07, 6.45) is 3.08. The predicted octanol–water partition coefficient (Wildman–Crippen LogP) is 0.889. The largest absolute Gasteiger partial charge is 0.396 e. The Morgan fingerprint density at radius 3 is 3.04 bits per heavy atom. The monoisotopic (exact) mass is 381 g/mol. The number of aromatic nitrogens is 1. The number of carbonyl (C=O) groups is 2. The minimum Gasteiger partial charge on any atom is -0.396 e. The zero-order chi connectivity index (χ0) is 18.5. The van der Waals surface area contributed by atoms with Crippen LogP contribution in [-0.4, -0.2) is 65.3 Å². The Bertz CT molecular complexity index is 636. The molecule has 3 rings (SSSR count). The molecule has 1 saturated carbocycles. The third-order valence-electron chi connectivity index (χ3n) is 5.14. The molecule has 26 heavy (non-hydrogen) atoms. The number of thiazole rings is 1. The number of hydrogen-bond donors (Lipinski definition) is 2. The zero-order valence-electron chi connectivity index (χ0n) is 15.1. The second kappa shape index (κ2) is 8.92. The molecule has 0 bridgehead atoms. The van der Waals surface area contributed by atoms with Crippen LogP contribution in [0.1, 0.15) is 36.4 Å². The highest BCUT2D eigenvalue weighted by Crippen LogP contribution is 2.32. The lowest BCUT2D eigenvalue weighted by atomic mass is 9.81. The van der Waals surface area contributed by atoms with Crippen molar-refractivity contribution >= 4 is 23.2 Å². The number of hydrogen-bond acceptors (Lipinski definition) is 6. The molecule has 2 N–H and O–H groups in total. The second-order valence-corrected chi connectivity index (χ2v) is 7.91. The van der Waals surface area contributed by atoms with Gasteiger partial charge in [-0.1, -0.05) is 0 Å². The summed E-state index contributed by atoms with van der Waals surface area (Å²) in [5.74, 6) is -0.0942. The van der Waals surface area contributed by atoms with Crippen molar-refractivity contribution in [1.29, 1.82) is 0 Å². The second-order valence-electron chi connectivity index (χ2n) is 6.97. The van der Waals surface area contributed by atoms with Crippen LogP contribution in [-0.2, 0) is 20.7 Å². The van der Waals surface area contributed by atoms with Crippen molar-refractivity contribution in [1.82, 2.24) is 15.2 Å². The number of ether oxygens (including phenoxy) is 1. The van der Waals surface area contributed by atoms with Crippen LogP contribution in [0.4, 0.5) is 0 Å². The molecule has 2 aliphatic rings. The molecule has 2 heterocycles. The van der Waals surface area contributed by atoms with E-state index in [9.17, 15) is 9.59 Å². The molecule has 3 atom stereocenters. The molecular weight excluding hydrogens is 354 g/mol. The molecule has 1 aliphatic heterocycles. The predicted molar refractivity (Wildman–Crippen MR) is 97.8 cm³/mol. The lowest BCUT2D eigenvalue weighted by molar-refractivity contribution is -0.154. The van der Waals surface area contributed by atoms with Crippen LogP contribution in [0.25, 0.3) is 0 Å². The maximum atomic E-state index is 12.6. The van der Waals surface area contributed by atoms with Gasteiger partial charge in [-0.25, -0.2) is 4.98 Å². The Kier molecular flexibility index (Phi) is 6.61. The normalized spacial score (nSPS) is 25.6. The number of carbonyl (C=O) groups excluding carboxylic acids is 2. The summed E-state index contributed by atoms with van der Waals surface area (Å²) in [5.41, 5.74) is 1.01. The highest BCUT2D eigenvalue weighted by Gasteiger charge is 2.41. The van der Waals surface area contributed by atoms with Gasteiger partial charge in [-0.2, -0.15) is 0 Å². The Balaban J connectivity index is 1.52. The van der Waals surface area contributed by atoms with E-state index in [1.807, 2.05) is 17.2 Å². The number of aliphatic hydroxyl groups is 1. The molecular formula is C18H27N3O4S. The molecule has 1 aliphatic carbocycles. The number of morpholine rings is 1. The van der Waals surface area contributed by atoms with Crippen molar-refractivity contribution < 1.29 is 19.4 Å².